The second kappa shape index (κ2) is 6.16. The van der Waals surface area contributed by atoms with Crippen molar-refractivity contribution < 1.29 is 4.79 Å². The normalized spacial score (nSPS) is 18.0. The minimum absolute atomic E-state index is 0.0876. The van der Waals surface area contributed by atoms with Crippen LogP contribution < -0.4 is 0 Å². The van der Waals surface area contributed by atoms with Gasteiger partial charge in [-0.2, -0.15) is 0 Å². The summed E-state index contributed by atoms with van der Waals surface area (Å²) >= 11 is 5.92. The number of carbonyl (C=O) groups is 1. The zero-order valence-electron chi connectivity index (χ0n) is 12.8. The summed E-state index contributed by atoms with van der Waals surface area (Å²) in [5.74, 6) is 0.609. The van der Waals surface area contributed by atoms with E-state index in [4.69, 9.17) is 11.6 Å². The number of hydrogen-bond donors (Lipinski definition) is 0. The van der Waals surface area contributed by atoms with Gasteiger partial charge in [-0.1, -0.05) is 11.6 Å². The van der Waals surface area contributed by atoms with Gasteiger partial charge in [0.2, 0.25) is 5.78 Å². The molecule has 1 unspecified atom stereocenters. The smallest absolute Gasteiger partial charge is 0.274 e. The van der Waals surface area contributed by atoms with E-state index in [0.29, 0.717) is 23.0 Å². The largest absolute Gasteiger partial charge is 0.337 e. The van der Waals surface area contributed by atoms with Gasteiger partial charge in [0.15, 0.2) is 0 Å². The van der Waals surface area contributed by atoms with Crippen molar-refractivity contribution in [2.75, 3.05) is 13.1 Å². The Kier molecular flexibility index (Phi) is 3.86. The van der Waals surface area contributed by atoms with Gasteiger partial charge in [-0.05, 0) is 18.9 Å². The van der Waals surface area contributed by atoms with Gasteiger partial charge >= 0.3 is 0 Å². The van der Waals surface area contributed by atoms with Crippen LogP contribution in [-0.4, -0.2) is 48.2 Å². The summed E-state index contributed by atoms with van der Waals surface area (Å²) in [6, 6.07) is 1.91. The average Bonchev–Trinajstić information content (AvgIpc) is 3.05. The predicted molar refractivity (Wildman–Crippen MR) is 87.9 cm³/mol. The van der Waals surface area contributed by atoms with Gasteiger partial charge in [0, 0.05) is 43.3 Å². The van der Waals surface area contributed by atoms with E-state index in [2.05, 4.69) is 19.9 Å². The van der Waals surface area contributed by atoms with E-state index in [0.717, 1.165) is 25.1 Å². The number of hydrogen-bond acceptors (Lipinski definition) is 5. The Labute approximate surface area is 143 Å². The molecular formula is C16H15ClN6O. The summed E-state index contributed by atoms with van der Waals surface area (Å²) in [5.41, 5.74) is 1.36. The fourth-order valence-corrected chi connectivity index (χ4v) is 3.22. The Morgan fingerprint density at radius 2 is 2.21 bits per heavy atom. The molecular weight excluding hydrogens is 328 g/mol. The molecule has 0 saturated carbocycles. The minimum Gasteiger partial charge on any atom is -0.337 e. The molecule has 122 valence electrons. The number of imidazole rings is 1. The lowest BCUT2D eigenvalue weighted by Gasteiger charge is -2.31. The maximum atomic E-state index is 12.8. The molecule has 4 heterocycles. The first kappa shape index (κ1) is 15.0. The Hall–Kier alpha value is -2.54. The lowest BCUT2D eigenvalue weighted by atomic mass is 9.94. The van der Waals surface area contributed by atoms with Crippen LogP contribution >= 0.6 is 11.6 Å². The molecule has 0 spiro atoms. The first-order chi connectivity index (χ1) is 11.7. The number of nitrogens with zero attached hydrogens (tertiary/aromatic N) is 6. The van der Waals surface area contributed by atoms with Gasteiger partial charge in [0.1, 0.15) is 12.0 Å². The van der Waals surface area contributed by atoms with Crippen molar-refractivity contribution in [2.24, 2.45) is 0 Å². The third-order valence-electron chi connectivity index (χ3n) is 4.23. The summed E-state index contributed by atoms with van der Waals surface area (Å²) in [5, 5.41) is 0.501. The maximum absolute atomic E-state index is 12.8. The zero-order chi connectivity index (χ0) is 16.5. The minimum atomic E-state index is -0.0876. The standard InChI is InChI=1S/C16H15ClN6O/c17-12-6-19-16-21-14(9-23(16)8-12)15(24)22-5-1-2-11(7-22)13-3-4-18-10-20-13/h3-4,6,8-11H,1-2,5,7H2. The molecule has 1 fully saturated rings. The first-order valence-electron chi connectivity index (χ1n) is 7.76. The van der Waals surface area contributed by atoms with Crippen LogP contribution in [0.5, 0.6) is 0 Å². The highest BCUT2D eigenvalue weighted by Crippen LogP contribution is 2.26. The van der Waals surface area contributed by atoms with Crippen LogP contribution in [0.1, 0.15) is 34.9 Å². The van der Waals surface area contributed by atoms with Gasteiger partial charge in [-0.25, -0.2) is 19.9 Å². The third-order valence-corrected chi connectivity index (χ3v) is 4.42. The molecule has 1 amide bonds. The summed E-state index contributed by atoms with van der Waals surface area (Å²) in [4.78, 5) is 31.3. The number of halogens is 1. The number of likely N-dealkylation sites (tertiary alicyclic amines) is 1. The fourth-order valence-electron chi connectivity index (χ4n) is 3.07. The monoisotopic (exact) mass is 342 g/mol. The van der Waals surface area contributed by atoms with E-state index in [-0.39, 0.29) is 11.8 Å². The molecule has 8 heteroatoms. The quantitative estimate of drug-likeness (QED) is 0.713. The van der Waals surface area contributed by atoms with Crippen molar-refractivity contribution >= 4 is 23.3 Å². The molecule has 24 heavy (non-hydrogen) atoms. The first-order valence-corrected chi connectivity index (χ1v) is 8.14. The molecule has 0 N–H and O–H groups in total. The van der Waals surface area contributed by atoms with Crippen LogP contribution in [0.4, 0.5) is 0 Å². The van der Waals surface area contributed by atoms with E-state index in [9.17, 15) is 4.79 Å². The van der Waals surface area contributed by atoms with Crippen molar-refractivity contribution in [3.63, 3.8) is 0 Å². The highest BCUT2D eigenvalue weighted by molar-refractivity contribution is 6.30. The Morgan fingerprint density at radius 1 is 1.29 bits per heavy atom. The average molecular weight is 343 g/mol. The molecule has 1 aliphatic heterocycles. The van der Waals surface area contributed by atoms with E-state index < -0.39 is 0 Å². The lowest BCUT2D eigenvalue weighted by molar-refractivity contribution is 0.0700. The number of fused-ring (bicyclic) bond motifs is 1. The SMILES string of the molecule is O=C(c1cn2cc(Cl)cnc2n1)N1CCCC(c2ccncn2)C1. The molecule has 3 aromatic heterocycles. The number of piperidine rings is 1. The number of carbonyl (C=O) groups excluding carboxylic acids is 1. The van der Waals surface area contributed by atoms with Crippen LogP contribution in [-0.2, 0) is 0 Å². The van der Waals surface area contributed by atoms with Gasteiger partial charge in [-0.3, -0.25) is 9.20 Å². The summed E-state index contributed by atoms with van der Waals surface area (Å²) in [7, 11) is 0. The molecule has 0 bridgehead atoms. The molecule has 0 aliphatic carbocycles. The Morgan fingerprint density at radius 3 is 3.04 bits per heavy atom. The molecule has 0 aromatic carbocycles. The van der Waals surface area contributed by atoms with Crippen molar-refractivity contribution in [1.29, 1.82) is 0 Å². The number of rotatable bonds is 2. The molecule has 1 aliphatic rings. The summed E-state index contributed by atoms with van der Waals surface area (Å²) in [6.07, 6.45) is 10.1. The number of aromatic nitrogens is 5. The molecule has 1 atom stereocenters. The second-order valence-corrected chi connectivity index (χ2v) is 6.27. The fraction of sp³-hybridized carbons (Fsp3) is 0.312. The topological polar surface area (TPSA) is 76.3 Å². The van der Waals surface area contributed by atoms with Crippen LogP contribution in [0.25, 0.3) is 5.78 Å². The van der Waals surface area contributed by atoms with E-state index in [1.54, 1.807) is 29.3 Å². The van der Waals surface area contributed by atoms with E-state index in [1.165, 1.54) is 6.20 Å². The van der Waals surface area contributed by atoms with E-state index >= 15 is 0 Å². The van der Waals surface area contributed by atoms with Gasteiger partial charge in [0.25, 0.3) is 5.91 Å². The Balaban J connectivity index is 1.56. The summed E-state index contributed by atoms with van der Waals surface area (Å²) in [6.45, 7) is 1.36. The maximum Gasteiger partial charge on any atom is 0.274 e. The number of amides is 1. The van der Waals surface area contributed by atoms with Crippen LogP contribution in [0, 0.1) is 0 Å². The van der Waals surface area contributed by atoms with Crippen molar-refractivity contribution in [3.8, 4) is 0 Å². The highest BCUT2D eigenvalue weighted by Gasteiger charge is 2.27. The van der Waals surface area contributed by atoms with Gasteiger partial charge < -0.3 is 4.90 Å². The second-order valence-electron chi connectivity index (χ2n) is 5.83. The van der Waals surface area contributed by atoms with Crippen molar-refractivity contribution in [2.45, 2.75) is 18.8 Å². The highest BCUT2D eigenvalue weighted by atomic mass is 35.5. The Bertz CT molecular complexity index is 881. The lowest BCUT2D eigenvalue weighted by Crippen LogP contribution is -2.39. The van der Waals surface area contributed by atoms with Crippen molar-refractivity contribution in [1.82, 2.24) is 29.2 Å². The molecule has 1 saturated heterocycles. The molecule has 3 aromatic rings. The van der Waals surface area contributed by atoms with Crippen LogP contribution in [0.3, 0.4) is 0 Å². The zero-order valence-corrected chi connectivity index (χ0v) is 13.6. The molecule has 4 rings (SSSR count). The summed E-state index contributed by atoms with van der Waals surface area (Å²) < 4.78 is 1.67. The van der Waals surface area contributed by atoms with Gasteiger partial charge in [-0.15, -0.1) is 0 Å². The van der Waals surface area contributed by atoms with E-state index in [1.807, 2.05) is 11.0 Å². The van der Waals surface area contributed by atoms with Crippen LogP contribution in [0.2, 0.25) is 5.02 Å². The van der Waals surface area contributed by atoms with Crippen LogP contribution in [0.15, 0.2) is 37.2 Å². The third kappa shape index (κ3) is 2.82. The van der Waals surface area contributed by atoms with Crippen molar-refractivity contribution in [3.05, 3.63) is 53.6 Å². The van der Waals surface area contributed by atoms with Gasteiger partial charge in [0.05, 0.1) is 11.2 Å². The molecule has 7 nitrogen and oxygen atoms in total. The predicted octanol–water partition coefficient (Wildman–Crippen LogP) is 2.19. The molecule has 0 radical (unpaired) electrons.